The number of hydrogen-bond donors (Lipinski definition) is 1. The standard InChI is InChI=1S/C16H25NO5S/c1-17(2,12-7-13-23(19,20)21)11-6-10-16(18)22-14-15-8-4-3-5-9-15/h3-5,8-9H,6-7,10-14H2,1-2H3/p+1. The summed E-state index contributed by atoms with van der Waals surface area (Å²) in [6.07, 6.45) is 1.41. The lowest BCUT2D eigenvalue weighted by molar-refractivity contribution is -0.890. The molecule has 130 valence electrons. The van der Waals surface area contributed by atoms with Gasteiger partial charge in [-0.15, -0.1) is 0 Å². The first-order valence-electron chi connectivity index (χ1n) is 7.65. The van der Waals surface area contributed by atoms with Gasteiger partial charge in [0.2, 0.25) is 0 Å². The largest absolute Gasteiger partial charge is 0.461 e. The summed E-state index contributed by atoms with van der Waals surface area (Å²) in [5, 5.41) is 0. The van der Waals surface area contributed by atoms with Crippen LogP contribution in [0, 0.1) is 0 Å². The van der Waals surface area contributed by atoms with E-state index in [0.29, 0.717) is 30.3 Å². The molecular weight excluding hydrogens is 318 g/mol. The Morgan fingerprint density at radius 1 is 1.13 bits per heavy atom. The molecule has 23 heavy (non-hydrogen) atoms. The van der Waals surface area contributed by atoms with Gasteiger partial charge in [-0.3, -0.25) is 9.35 Å². The lowest BCUT2D eigenvalue weighted by Crippen LogP contribution is -2.42. The smallest absolute Gasteiger partial charge is 0.306 e. The number of rotatable bonds is 10. The Balaban J connectivity index is 2.20. The maximum atomic E-state index is 11.7. The van der Waals surface area contributed by atoms with E-state index in [1.54, 1.807) is 0 Å². The van der Waals surface area contributed by atoms with Crippen molar-refractivity contribution < 1.29 is 27.0 Å². The predicted molar refractivity (Wildman–Crippen MR) is 88.3 cm³/mol. The summed E-state index contributed by atoms with van der Waals surface area (Å²) >= 11 is 0. The molecule has 0 saturated heterocycles. The molecule has 7 heteroatoms. The average molecular weight is 344 g/mol. The molecule has 0 aliphatic carbocycles. The molecule has 1 aromatic carbocycles. The monoisotopic (exact) mass is 344 g/mol. The van der Waals surface area contributed by atoms with Crippen LogP contribution in [0.2, 0.25) is 0 Å². The highest BCUT2D eigenvalue weighted by Gasteiger charge is 2.17. The summed E-state index contributed by atoms with van der Waals surface area (Å²) < 4.78 is 35.9. The average Bonchev–Trinajstić information content (AvgIpc) is 2.44. The first-order chi connectivity index (χ1) is 10.7. The van der Waals surface area contributed by atoms with E-state index < -0.39 is 10.1 Å². The maximum Gasteiger partial charge on any atom is 0.306 e. The summed E-state index contributed by atoms with van der Waals surface area (Å²) in [7, 11) is 0.0447. The fourth-order valence-corrected chi connectivity index (χ4v) is 2.74. The quantitative estimate of drug-likeness (QED) is 0.398. The molecular formula is C16H26NO5S+. The molecule has 0 aromatic heterocycles. The van der Waals surface area contributed by atoms with Crippen LogP contribution in [0.5, 0.6) is 0 Å². The maximum absolute atomic E-state index is 11.7. The van der Waals surface area contributed by atoms with E-state index >= 15 is 0 Å². The van der Waals surface area contributed by atoms with E-state index in [2.05, 4.69) is 0 Å². The van der Waals surface area contributed by atoms with E-state index in [1.165, 1.54) is 0 Å². The van der Waals surface area contributed by atoms with Crippen molar-refractivity contribution in [3.8, 4) is 0 Å². The van der Waals surface area contributed by atoms with Crippen LogP contribution in [0.25, 0.3) is 0 Å². The second-order valence-corrected chi connectivity index (χ2v) is 7.84. The molecule has 0 aliphatic rings. The molecule has 1 aromatic rings. The molecule has 0 spiro atoms. The van der Waals surface area contributed by atoms with Crippen molar-refractivity contribution in [2.45, 2.75) is 25.9 Å². The van der Waals surface area contributed by atoms with E-state index in [-0.39, 0.29) is 18.3 Å². The predicted octanol–water partition coefficient (Wildman–Crippen LogP) is 1.86. The second-order valence-electron chi connectivity index (χ2n) is 6.27. The summed E-state index contributed by atoms with van der Waals surface area (Å²) in [6.45, 7) is 1.65. The zero-order valence-corrected chi connectivity index (χ0v) is 14.6. The van der Waals surface area contributed by atoms with Crippen molar-refractivity contribution in [2.75, 3.05) is 32.9 Å². The Morgan fingerprint density at radius 2 is 1.74 bits per heavy atom. The minimum absolute atomic E-state index is 0.228. The Labute approximate surface area is 138 Å². The van der Waals surface area contributed by atoms with Gasteiger partial charge in [0, 0.05) is 12.8 Å². The number of nitrogens with zero attached hydrogens (tertiary/aromatic N) is 1. The Bertz CT molecular complexity index is 584. The van der Waals surface area contributed by atoms with Crippen molar-refractivity contribution in [1.29, 1.82) is 0 Å². The van der Waals surface area contributed by atoms with Crippen molar-refractivity contribution in [3.05, 3.63) is 35.9 Å². The molecule has 0 unspecified atom stereocenters. The molecule has 1 rings (SSSR count). The van der Waals surface area contributed by atoms with Gasteiger partial charge in [-0.25, -0.2) is 0 Å². The molecule has 0 heterocycles. The molecule has 0 radical (unpaired) electrons. The number of carbonyl (C=O) groups excluding carboxylic acids is 1. The van der Waals surface area contributed by atoms with Crippen LogP contribution in [-0.4, -0.2) is 56.4 Å². The molecule has 0 aliphatic heterocycles. The number of esters is 1. The summed E-state index contributed by atoms with van der Waals surface area (Å²) in [5.74, 6) is -0.458. The molecule has 0 bridgehead atoms. The zero-order valence-electron chi connectivity index (χ0n) is 13.8. The van der Waals surface area contributed by atoms with Crippen LogP contribution in [-0.2, 0) is 26.3 Å². The van der Waals surface area contributed by atoms with Crippen molar-refractivity contribution in [2.24, 2.45) is 0 Å². The number of quaternary nitrogens is 1. The molecule has 0 saturated carbocycles. The number of carbonyl (C=O) groups is 1. The van der Waals surface area contributed by atoms with Gasteiger partial charge in [0.1, 0.15) is 6.61 Å². The van der Waals surface area contributed by atoms with Gasteiger partial charge in [-0.2, -0.15) is 8.42 Å². The highest BCUT2D eigenvalue weighted by atomic mass is 32.2. The third-order valence-corrected chi connectivity index (χ3v) is 4.36. The molecule has 0 amide bonds. The lowest BCUT2D eigenvalue weighted by atomic mass is 10.2. The van der Waals surface area contributed by atoms with Gasteiger partial charge >= 0.3 is 5.97 Å². The number of ether oxygens (including phenoxy) is 1. The molecule has 1 N–H and O–H groups in total. The molecule has 0 atom stereocenters. The van der Waals surface area contributed by atoms with E-state index in [9.17, 15) is 13.2 Å². The molecule has 0 fully saturated rings. The fraction of sp³-hybridized carbons (Fsp3) is 0.562. The highest BCUT2D eigenvalue weighted by molar-refractivity contribution is 7.85. The summed E-state index contributed by atoms with van der Waals surface area (Å²) in [4.78, 5) is 11.7. The van der Waals surface area contributed by atoms with Crippen LogP contribution < -0.4 is 0 Å². The van der Waals surface area contributed by atoms with Gasteiger partial charge in [0.25, 0.3) is 10.1 Å². The van der Waals surface area contributed by atoms with Crippen LogP contribution in [0.1, 0.15) is 24.8 Å². The van der Waals surface area contributed by atoms with Crippen LogP contribution >= 0.6 is 0 Å². The number of benzene rings is 1. The molecule has 6 nitrogen and oxygen atoms in total. The van der Waals surface area contributed by atoms with Crippen LogP contribution in [0.3, 0.4) is 0 Å². The van der Waals surface area contributed by atoms with Crippen molar-refractivity contribution >= 4 is 16.1 Å². The van der Waals surface area contributed by atoms with Crippen molar-refractivity contribution in [3.63, 3.8) is 0 Å². The summed E-state index contributed by atoms with van der Waals surface area (Å²) in [5.41, 5.74) is 0.960. The van der Waals surface area contributed by atoms with E-state index in [0.717, 1.165) is 12.1 Å². The third kappa shape index (κ3) is 10.0. The second kappa shape index (κ2) is 9.00. The van der Waals surface area contributed by atoms with Gasteiger partial charge in [-0.1, -0.05) is 30.3 Å². The van der Waals surface area contributed by atoms with Crippen LogP contribution in [0.4, 0.5) is 0 Å². The zero-order chi connectivity index (χ0) is 17.3. The SMILES string of the molecule is C[N+](C)(CCCC(=O)OCc1ccccc1)CCCS(=O)(=O)O. The minimum Gasteiger partial charge on any atom is -0.461 e. The summed E-state index contributed by atoms with van der Waals surface area (Å²) in [6, 6.07) is 9.52. The Kier molecular flexibility index (Phi) is 7.67. The van der Waals surface area contributed by atoms with Crippen molar-refractivity contribution in [1.82, 2.24) is 0 Å². The minimum atomic E-state index is -3.90. The first kappa shape index (κ1) is 19.6. The normalized spacial score (nSPS) is 12.1. The van der Waals surface area contributed by atoms with Gasteiger partial charge < -0.3 is 9.22 Å². The van der Waals surface area contributed by atoms with Gasteiger partial charge in [-0.05, 0) is 5.56 Å². The third-order valence-electron chi connectivity index (χ3n) is 3.55. The van der Waals surface area contributed by atoms with Gasteiger partial charge in [0.15, 0.2) is 0 Å². The Morgan fingerprint density at radius 3 is 2.35 bits per heavy atom. The fourth-order valence-electron chi connectivity index (χ4n) is 2.25. The van der Waals surface area contributed by atoms with Gasteiger partial charge in [0.05, 0.1) is 39.4 Å². The first-order valence-corrected chi connectivity index (χ1v) is 9.26. The number of hydrogen-bond acceptors (Lipinski definition) is 4. The Hall–Kier alpha value is -1.44. The topological polar surface area (TPSA) is 80.7 Å². The van der Waals surface area contributed by atoms with Crippen LogP contribution in [0.15, 0.2) is 30.3 Å². The lowest BCUT2D eigenvalue weighted by Gasteiger charge is -2.29. The highest BCUT2D eigenvalue weighted by Crippen LogP contribution is 2.07. The van der Waals surface area contributed by atoms with E-state index in [4.69, 9.17) is 9.29 Å². The van der Waals surface area contributed by atoms with E-state index in [1.807, 2.05) is 44.4 Å².